The summed E-state index contributed by atoms with van der Waals surface area (Å²) in [6, 6.07) is 25.3. The topological polar surface area (TPSA) is 84.0 Å². The van der Waals surface area contributed by atoms with E-state index in [0.717, 1.165) is 22.1 Å². The largest absolute Gasteiger partial charge is 0.497 e. The van der Waals surface area contributed by atoms with E-state index < -0.39 is 5.97 Å². The normalized spacial score (nSPS) is 10.8. The second kappa shape index (κ2) is 10.6. The maximum atomic E-state index is 13.2. The van der Waals surface area contributed by atoms with Crippen molar-refractivity contribution in [1.29, 1.82) is 0 Å². The molecule has 0 aliphatic carbocycles. The van der Waals surface area contributed by atoms with Gasteiger partial charge in [-0.15, -0.1) is 0 Å². The summed E-state index contributed by atoms with van der Waals surface area (Å²) in [5, 5.41) is 2.47. The number of rotatable bonds is 8. The first-order chi connectivity index (χ1) is 18.5. The Kier molecular flexibility index (Phi) is 6.91. The van der Waals surface area contributed by atoms with Crippen LogP contribution in [0.15, 0.2) is 84.9 Å². The highest BCUT2D eigenvalue weighted by molar-refractivity contribution is 6.06. The summed E-state index contributed by atoms with van der Waals surface area (Å²) in [6.07, 6.45) is 0. The molecule has 0 amide bonds. The average molecular weight is 508 g/mol. The molecule has 0 aliphatic rings. The van der Waals surface area contributed by atoms with Gasteiger partial charge in [0.2, 0.25) is 0 Å². The van der Waals surface area contributed by atoms with Crippen molar-refractivity contribution < 1.29 is 28.5 Å². The Balaban J connectivity index is 1.41. The summed E-state index contributed by atoms with van der Waals surface area (Å²) < 4.78 is 21.5. The fraction of sp³-hybridized carbons (Fsp3) is 0.129. The van der Waals surface area contributed by atoms with Gasteiger partial charge in [0.05, 0.1) is 38.1 Å². The number of ketones is 1. The third kappa shape index (κ3) is 4.86. The molecule has 7 heteroatoms. The Morgan fingerprint density at radius 2 is 1.50 bits per heavy atom. The zero-order valence-electron chi connectivity index (χ0n) is 21.2. The van der Waals surface area contributed by atoms with Crippen molar-refractivity contribution in [3.8, 4) is 28.5 Å². The molecule has 0 fully saturated rings. The molecule has 5 rings (SSSR count). The molecule has 0 radical (unpaired) electrons. The summed E-state index contributed by atoms with van der Waals surface area (Å²) in [5.41, 5.74) is 2.71. The first-order valence-corrected chi connectivity index (χ1v) is 11.9. The van der Waals surface area contributed by atoms with Gasteiger partial charge in [-0.2, -0.15) is 0 Å². The van der Waals surface area contributed by atoms with Gasteiger partial charge in [-0.25, -0.2) is 9.78 Å². The highest BCUT2D eigenvalue weighted by Gasteiger charge is 2.18. The molecule has 1 heterocycles. The van der Waals surface area contributed by atoms with Gasteiger partial charge in [0.15, 0.2) is 23.9 Å². The Bertz CT molecular complexity index is 1680. The predicted octanol–water partition coefficient (Wildman–Crippen LogP) is 6.12. The summed E-state index contributed by atoms with van der Waals surface area (Å²) >= 11 is 0. The van der Waals surface area contributed by atoms with Crippen molar-refractivity contribution in [1.82, 2.24) is 4.98 Å². The minimum atomic E-state index is -0.607. The number of nitrogens with zero attached hydrogens (tertiary/aromatic N) is 1. The van der Waals surface area contributed by atoms with Crippen LogP contribution in [0.5, 0.6) is 17.2 Å². The van der Waals surface area contributed by atoms with Crippen molar-refractivity contribution in [3.63, 3.8) is 0 Å². The second-order valence-corrected chi connectivity index (χ2v) is 8.57. The van der Waals surface area contributed by atoms with Crippen molar-refractivity contribution in [2.75, 3.05) is 27.9 Å². The lowest BCUT2D eigenvalue weighted by Crippen LogP contribution is -2.15. The van der Waals surface area contributed by atoms with Gasteiger partial charge >= 0.3 is 5.97 Å². The van der Waals surface area contributed by atoms with E-state index in [2.05, 4.69) is 0 Å². The second-order valence-electron chi connectivity index (χ2n) is 8.57. The van der Waals surface area contributed by atoms with Crippen LogP contribution in [-0.4, -0.2) is 44.7 Å². The minimum Gasteiger partial charge on any atom is -0.497 e. The van der Waals surface area contributed by atoms with Gasteiger partial charge < -0.3 is 18.9 Å². The van der Waals surface area contributed by atoms with Crippen molar-refractivity contribution in [2.45, 2.75) is 0 Å². The number of methoxy groups -OCH3 is 3. The number of aromatic nitrogens is 1. The molecule has 0 unspecified atom stereocenters. The van der Waals surface area contributed by atoms with Crippen LogP contribution < -0.4 is 14.2 Å². The predicted molar refractivity (Wildman–Crippen MR) is 145 cm³/mol. The molecule has 0 saturated carbocycles. The van der Waals surface area contributed by atoms with Crippen LogP contribution in [0, 0.1) is 0 Å². The lowest BCUT2D eigenvalue weighted by Gasteiger charge is -2.12. The Morgan fingerprint density at radius 1 is 0.737 bits per heavy atom. The van der Waals surface area contributed by atoms with E-state index in [1.807, 2.05) is 48.5 Å². The molecule has 7 nitrogen and oxygen atoms in total. The molecule has 0 aliphatic heterocycles. The van der Waals surface area contributed by atoms with E-state index in [-0.39, 0.29) is 12.4 Å². The van der Waals surface area contributed by atoms with Crippen LogP contribution in [0.1, 0.15) is 20.7 Å². The summed E-state index contributed by atoms with van der Waals surface area (Å²) in [4.78, 5) is 30.8. The molecule has 0 saturated heterocycles. The molecule has 1 aromatic heterocycles. The molecule has 0 bridgehead atoms. The Hall–Kier alpha value is -4.91. The average Bonchev–Trinajstić information content (AvgIpc) is 2.98. The van der Waals surface area contributed by atoms with E-state index in [1.165, 1.54) is 0 Å². The Labute approximate surface area is 219 Å². The van der Waals surface area contributed by atoms with Crippen LogP contribution in [0.3, 0.4) is 0 Å². The summed E-state index contributed by atoms with van der Waals surface area (Å²) in [6.45, 7) is -0.386. The van der Waals surface area contributed by atoms with Crippen molar-refractivity contribution in [2.24, 2.45) is 0 Å². The van der Waals surface area contributed by atoms with E-state index in [1.54, 1.807) is 57.7 Å². The van der Waals surface area contributed by atoms with E-state index in [4.69, 9.17) is 23.9 Å². The number of hydrogen-bond acceptors (Lipinski definition) is 7. The fourth-order valence-corrected chi connectivity index (χ4v) is 4.30. The molecule has 190 valence electrons. The molecule has 0 atom stereocenters. The van der Waals surface area contributed by atoms with Crippen molar-refractivity contribution in [3.05, 3.63) is 96.1 Å². The minimum absolute atomic E-state index is 0.297. The fourth-order valence-electron chi connectivity index (χ4n) is 4.30. The lowest BCUT2D eigenvalue weighted by molar-refractivity contribution is 0.0476. The van der Waals surface area contributed by atoms with Crippen LogP contribution >= 0.6 is 0 Å². The van der Waals surface area contributed by atoms with Gasteiger partial charge in [0.25, 0.3) is 0 Å². The standard InChI is InChI=1S/C31H25NO6/c1-35-23-12-10-19-14-22(9-8-20(19)15-23)28(33)18-38-31(34)25-17-27(32-26-7-5-4-6-24(25)26)21-11-13-29(36-2)30(16-21)37-3/h4-17H,18H2,1-3H3. The van der Waals surface area contributed by atoms with Crippen LogP contribution in [0.4, 0.5) is 0 Å². The first kappa shape index (κ1) is 24.8. The number of para-hydroxylation sites is 1. The SMILES string of the molecule is COc1ccc2cc(C(=O)COC(=O)c3cc(-c4ccc(OC)c(OC)c4)nc4ccccc34)ccc2c1. The van der Waals surface area contributed by atoms with Crippen LogP contribution in [-0.2, 0) is 4.74 Å². The number of benzene rings is 4. The molecule has 5 aromatic rings. The highest BCUT2D eigenvalue weighted by atomic mass is 16.5. The monoisotopic (exact) mass is 507 g/mol. The Morgan fingerprint density at radius 3 is 2.29 bits per heavy atom. The number of pyridine rings is 1. The van der Waals surface area contributed by atoms with Crippen LogP contribution in [0.2, 0.25) is 0 Å². The molecule has 0 spiro atoms. The number of carbonyl (C=O) groups is 2. The van der Waals surface area contributed by atoms with Gasteiger partial charge in [-0.05, 0) is 59.3 Å². The highest BCUT2D eigenvalue weighted by Crippen LogP contribution is 2.33. The van der Waals surface area contributed by atoms with Gasteiger partial charge in [0, 0.05) is 16.5 Å². The van der Waals surface area contributed by atoms with E-state index in [0.29, 0.717) is 39.2 Å². The number of carbonyl (C=O) groups excluding carboxylic acids is 2. The maximum Gasteiger partial charge on any atom is 0.339 e. The number of fused-ring (bicyclic) bond motifs is 2. The summed E-state index contributed by atoms with van der Waals surface area (Å²) in [7, 11) is 4.73. The zero-order valence-corrected chi connectivity index (χ0v) is 21.2. The third-order valence-electron chi connectivity index (χ3n) is 6.32. The van der Waals surface area contributed by atoms with Gasteiger partial charge in [-0.3, -0.25) is 4.79 Å². The summed E-state index contributed by atoms with van der Waals surface area (Å²) in [5.74, 6) is 0.966. The van der Waals surface area contributed by atoms with Crippen molar-refractivity contribution >= 4 is 33.4 Å². The molecule has 4 aromatic carbocycles. The first-order valence-electron chi connectivity index (χ1n) is 11.9. The number of esters is 1. The number of Topliss-reactive ketones (excluding diaryl/α,β-unsaturated/α-hetero) is 1. The number of hydrogen-bond donors (Lipinski definition) is 0. The van der Waals surface area contributed by atoms with Gasteiger partial charge in [-0.1, -0.05) is 36.4 Å². The van der Waals surface area contributed by atoms with Gasteiger partial charge in [0.1, 0.15) is 5.75 Å². The van der Waals surface area contributed by atoms with E-state index in [9.17, 15) is 9.59 Å². The van der Waals surface area contributed by atoms with Crippen LogP contribution in [0.25, 0.3) is 32.9 Å². The lowest BCUT2D eigenvalue weighted by atomic mass is 10.0. The number of ether oxygens (including phenoxy) is 4. The smallest absolute Gasteiger partial charge is 0.339 e. The molecular weight excluding hydrogens is 482 g/mol. The maximum absolute atomic E-state index is 13.2. The zero-order chi connectivity index (χ0) is 26.6. The molecule has 38 heavy (non-hydrogen) atoms. The molecular formula is C31H25NO6. The third-order valence-corrected chi connectivity index (χ3v) is 6.32. The quantitative estimate of drug-likeness (QED) is 0.185. The molecule has 0 N–H and O–H groups in total. The van der Waals surface area contributed by atoms with E-state index >= 15 is 0 Å².